The highest BCUT2D eigenvalue weighted by Crippen LogP contribution is 2.41. The number of ether oxygens (including phenoxy) is 1. The molecule has 14 nitrogen and oxygen atoms in total. The van der Waals surface area contributed by atoms with E-state index in [0.717, 1.165) is 18.4 Å². The van der Waals surface area contributed by atoms with Crippen molar-refractivity contribution in [2.24, 2.45) is 0 Å². The smallest absolute Gasteiger partial charge is 0.324 e. The molecule has 0 heterocycles. The fourth-order valence-corrected chi connectivity index (χ4v) is 4.76. The van der Waals surface area contributed by atoms with Gasteiger partial charge in [0.05, 0.1) is 41.9 Å². The summed E-state index contributed by atoms with van der Waals surface area (Å²) in [6, 6.07) is 8.60. The molecule has 1 unspecified atom stereocenters. The first kappa shape index (κ1) is 25.3. The Hall–Kier alpha value is -4.31. The number of nitro benzene ring substituents is 3. The predicted octanol–water partition coefficient (Wildman–Crippen LogP) is 2.68. The van der Waals surface area contributed by atoms with Gasteiger partial charge in [-0.15, -0.1) is 0 Å². The van der Waals surface area contributed by atoms with E-state index in [9.17, 15) is 47.8 Å². The molecular formula is C19H13N3O11S2. The van der Waals surface area contributed by atoms with E-state index < -0.39 is 79.7 Å². The number of rotatable bonds is 8. The van der Waals surface area contributed by atoms with Crippen LogP contribution in [0.3, 0.4) is 0 Å². The van der Waals surface area contributed by atoms with E-state index in [2.05, 4.69) is 0 Å². The van der Waals surface area contributed by atoms with E-state index >= 15 is 0 Å². The molecule has 16 heteroatoms. The van der Waals surface area contributed by atoms with Gasteiger partial charge < -0.3 is 4.74 Å². The molecule has 1 atom stereocenters. The monoisotopic (exact) mass is 523 g/mol. The van der Waals surface area contributed by atoms with Gasteiger partial charge in [-0.3, -0.25) is 39.3 Å². The average molecular weight is 523 g/mol. The third kappa shape index (κ3) is 5.28. The first-order valence-electron chi connectivity index (χ1n) is 9.23. The van der Waals surface area contributed by atoms with Crippen LogP contribution in [0.1, 0.15) is 0 Å². The fraction of sp³-hybridized carbons (Fsp3) is 0.105. The molecule has 182 valence electrons. The molecule has 0 aliphatic rings. The number of nitro groups is 3. The Kier molecular flexibility index (Phi) is 6.88. The lowest BCUT2D eigenvalue weighted by Gasteiger charge is -2.09. The van der Waals surface area contributed by atoms with Gasteiger partial charge in [-0.25, -0.2) is 8.42 Å². The Labute approximate surface area is 197 Å². The first-order valence-corrected chi connectivity index (χ1v) is 12.4. The summed E-state index contributed by atoms with van der Waals surface area (Å²) in [5, 5.41) is 34.0. The molecule has 0 spiro atoms. The maximum absolute atomic E-state index is 12.7. The normalized spacial score (nSPS) is 12.1. The molecule has 3 aromatic carbocycles. The number of fused-ring (bicyclic) bond motifs is 1. The van der Waals surface area contributed by atoms with Crippen LogP contribution in [0.15, 0.2) is 58.3 Å². The van der Waals surface area contributed by atoms with Crippen LogP contribution in [0.25, 0.3) is 10.8 Å². The average Bonchev–Trinajstić information content (AvgIpc) is 2.77. The fourth-order valence-electron chi connectivity index (χ4n) is 3.10. The second kappa shape index (κ2) is 9.51. The van der Waals surface area contributed by atoms with E-state index in [1.54, 1.807) is 0 Å². The Balaban J connectivity index is 2.00. The molecule has 0 fully saturated rings. The van der Waals surface area contributed by atoms with Crippen molar-refractivity contribution in [3.05, 3.63) is 78.9 Å². The zero-order valence-corrected chi connectivity index (χ0v) is 19.1. The second-order valence-electron chi connectivity index (χ2n) is 6.93. The van der Waals surface area contributed by atoms with Gasteiger partial charge in [-0.1, -0.05) is 18.2 Å². The first-order chi connectivity index (χ1) is 16.3. The minimum absolute atomic E-state index is 0.0565. The standard InChI is InChI=1S/C19H13N3O11S2/c1-35(31,32)11-6-7-17(15(8-11)21(26)27)34(30)10-18(23)33-19-13-5-3-2-4-12(13)14(20(24)25)9-16(19)22(28)29/h2-9H,10H2,1H3. The van der Waals surface area contributed by atoms with E-state index in [1.165, 1.54) is 24.3 Å². The Morgan fingerprint density at radius 1 is 0.886 bits per heavy atom. The van der Waals surface area contributed by atoms with Crippen molar-refractivity contribution in [3.63, 3.8) is 0 Å². The summed E-state index contributed by atoms with van der Waals surface area (Å²) in [7, 11) is -6.22. The van der Waals surface area contributed by atoms with Crippen molar-refractivity contribution in [2.45, 2.75) is 9.79 Å². The van der Waals surface area contributed by atoms with E-state index in [0.29, 0.717) is 12.1 Å². The topological polar surface area (TPSA) is 207 Å². The van der Waals surface area contributed by atoms with E-state index in [4.69, 9.17) is 4.74 Å². The molecule has 0 saturated carbocycles. The van der Waals surface area contributed by atoms with Crippen molar-refractivity contribution in [3.8, 4) is 5.75 Å². The van der Waals surface area contributed by atoms with Crippen LogP contribution in [0.5, 0.6) is 5.75 Å². The second-order valence-corrected chi connectivity index (χ2v) is 10.4. The SMILES string of the molecule is CS(=O)(=O)c1ccc(S(=O)CC(=O)Oc2c([N+](=O)[O-])cc([N+](=O)[O-])c3ccccc23)c([N+](=O)[O-])c1. The van der Waals surface area contributed by atoms with Gasteiger partial charge in [0.25, 0.3) is 11.4 Å². The van der Waals surface area contributed by atoms with Crippen LogP contribution >= 0.6 is 0 Å². The minimum Gasteiger partial charge on any atom is -0.418 e. The lowest BCUT2D eigenvalue weighted by molar-refractivity contribution is -0.393. The van der Waals surface area contributed by atoms with Crippen molar-refractivity contribution in [1.82, 2.24) is 0 Å². The molecule has 3 aromatic rings. The van der Waals surface area contributed by atoms with Gasteiger partial charge in [0, 0.05) is 17.7 Å². The zero-order valence-electron chi connectivity index (χ0n) is 17.5. The Morgan fingerprint density at radius 2 is 1.46 bits per heavy atom. The molecule has 0 radical (unpaired) electrons. The van der Waals surface area contributed by atoms with Gasteiger partial charge >= 0.3 is 11.7 Å². The number of sulfone groups is 1. The Morgan fingerprint density at radius 3 is 2.00 bits per heavy atom. The molecule has 0 bridgehead atoms. The zero-order chi connectivity index (χ0) is 26.1. The number of carbonyl (C=O) groups excluding carboxylic acids is 1. The van der Waals surface area contributed by atoms with Gasteiger partial charge in [-0.2, -0.15) is 0 Å². The number of esters is 1. The molecule has 3 rings (SSSR count). The lowest BCUT2D eigenvalue weighted by Crippen LogP contribution is -2.18. The van der Waals surface area contributed by atoms with Crippen LogP contribution in [0.4, 0.5) is 17.1 Å². The van der Waals surface area contributed by atoms with Gasteiger partial charge in [0.2, 0.25) is 5.75 Å². The van der Waals surface area contributed by atoms with Crippen LogP contribution in [-0.2, 0) is 25.4 Å². The summed E-state index contributed by atoms with van der Waals surface area (Å²) in [5.41, 5.74) is -2.30. The summed E-state index contributed by atoms with van der Waals surface area (Å²) >= 11 is 0. The maximum atomic E-state index is 12.7. The van der Waals surface area contributed by atoms with Gasteiger partial charge in [0.15, 0.2) is 9.84 Å². The van der Waals surface area contributed by atoms with E-state index in [-0.39, 0.29) is 10.8 Å². The van der Waals surface area contributed by atoms with Crippen LogP contribution in [0.2, 0.25) is 0 Å². The summed E-state index contributed by atoms with van der Waals surface area (Å²) in [5.74, 6) is -2.89. The predicted molar refractivity (Wildman–Crippen MR) is 120 cm³/mol. The minimum atomic E-state index is -3.82. The molecule has 0 aliphatic heterocycles. The summed E-state index contributed by atoms with van der Waals surface area (Å²) in [4.78, 5) is 43.0. The number of carbonyl (C=O) groups is 1. The van der Waals surface area contributed by atoms with Gasteiger partial charge in [-0.05, 0) is 18.2 Å². The Bertz CT molecular complexity index is 1550. The molecule has 0 N–H and O–H groups in total. The largest absolute Gasteiger partial charge is 0.418 e. The molecular weight excluding hydrogens is 510 g/mol. The highest BCUT2D eigenvalue weighted by molar-refractivity contribution is 7.90. The molecule has 0 aromatic heterocycles. The highest BCUT2D eigenvalue weighted by atomic mass is 32.2. The third-order valence-corrected chi connectivity index (χ3v) is 7.06. The van der Waals surface area contributed by atoms with Crippen LogP contribution < -0.4 is 4.74 Å². The molecule has 0 aliphatic carbocycles. The lowest BCUT2D eigenvalue weighted by atomic mass is 10.1. The summed E-state index contributed by atoms with van der Waals surface area (Å²) in [6.07, 6.45) is 0.821. The summed E-state index contributed by atoms with van der Waals surface area (Å²) < 4.78 is 41.1. The van der Waals surface area contributed by atoms with Crippen molar-refractivity contribution >= 4 is 54.4 Å². The molecule has 0 amide bonds. The number of hydrogen-bond donors (Lipinski definition) is 0. The van der Waals surface area contributed by atoms with Crippen molar-refractivity contribution in [2.75, 3.05) is 12.0 Å². The summed E-state index contributed by atoms with van der Waals surface area (Å²) in [6.45, 7) is 0. The maximum Gasteiger partial charge on any atom is 0.324 e. The van der Waals surface area contributed by atoms with E-state index in [1.807, 2.05) is 0 Å². The van der Waals surface area contributed by atoms with Crippen LogP contribution in [-0.4, -0.2) is 45.4 Å². The number of non-ortho nitro benzene ring substituents is 1. The molecule has 35 heavy (non-hydrogen) atoms. The van der Waals surface area contributed by atoms with Crippen molar-refractivity contribution in [1.29, 1.82) is 0 Å². The van der Waals surface area contributed by atoms with Crippen LogP contribution in [0, 0.1) is 30.3 Å². The molecule has 0 saturated heterocycles. The van der Waals surface area contributed by atoms with Crippen molar-refractivity contribution < 1.29 is 36.9 Å². The third-order valence-electron chi connectivity index (χ3n) is 4.61. The quantitative estimate of drug-likeness (QED) is 0.181. The van der Waals surface area contributed by atoms with Gasteiger partial charge in [0.1, 0.15) is 10.6 Å². The highest BCUT2D eigenvalue weighted by Gasteiger charge is 2.30. The number of nitrogens with zero attached hydrogens (tertiary/aromatic N) is 3. The number of hydrogen-bond acceptors (Lipinski definition) is 11. The number of benzene rings is 3.